The molecule has 1 saturated heterocycles. The van der Waals surface area contributed by atoms with Crippen molar-refractivity contribution in [1.82, 2.24) is 9.88 Å². The fraction of sp³-hybridized carbons (Fsp3) is 0.571. The number of hydrogen-bond donors (Lipinski definition) is 1. The molecular weight excluding hydrogens is 436 g/mol. The summed E-state index contributed by atoms with van der Waals surface area (Å²) in [6, 6.07) is 5.78. The number of thioether (sulfide) groups is 2. The third-order valence-electron chi connectivity index (χ3n) is 5.79. The van der Waals surface area contributed by atoms with Gasteiger partial charge in [0.1, 0.15) is 5.37 Å². The number of amides is 1. The van der Waals surface area contributed by atoms with Crippen LogP contribution in [-0.2, 0) is 20.4 Å². The van der Waals surface area contributed by atoms with Crippen molar-refractivity contribution in [1.29, 1.82) is 0 Å². The van der Waals surface area contributed by atoms with E-state index < -0.39 is 20.6 Å². The average Bonchev–Trinajstić information content (AvgIpc) is 2.95. The molecule has 1 N–H and O–H groups in total. The highest BCUT2D eigenvalue weighted by atomic mass is 32.2. The van der Waals surface area contributed by atoms with Gasteiger partial charge in [-0.15, -0.1) is 11.8 Å². The number of aryl methyl sites for hydroxylation is 1. The second-order valence-corrected chi connectivity index (χ2v) is 13.9. The van der Waals surface area contributed by atoms with Gasteiger partial charge in [-0.1, -0.05) is 38.6 Å². The van der Waals surface area contributed by atoms with Crippen molar-refractivity contribution in [3.8, 4) is 0 Å². The van der Waals surface area contributed by atoms with Crippen LogP contribution in [0.15, 0.2) is 34.3 Å². The van der Waals surface area contributed by atoms with Crippen molar-refractivity contribution in [2.24, 2.45) is 11.3 Å². The summed E-state index contributed by atoms with van der Waals surface area (Å²) in [5.41, 5.74) is 0.194. The normalized spacial score (nSPS) is 23.4. The van der Waals surface area contributed by atoms with Crippen LogP contribution in [0.1, 0.15) is 33.4 Å². The number of aromatic nitrogens is 1. The first-order valence-electron chi connectivity index (χ1n) is 10.1. The largest absolute Gasteiger partial charge is 0.477 e. The Kier molecular flexibility index (Phi) is 6.76. The molecule has 2 aliphatic rings. The number of β-lactam (4-membered cyclic amide) rings is 1. The van der Waals surface area contributed by atoms with E-state index in [1.165, 1.54) is 28.4 Å². The SMILES string of the molecule is C[SiH](C)O[C@@](C)([C@@H]1C(=O)N2C(C(=O)O)=C(SCCc3ccccn3)S[C@H]12)C(C)(C)C. The van der Waals surface area contributed by atoms with Gasteiger partial charge >= 0.3 is 5.97 Å². The minimum Gasteiger partial charge on any atom is -0.477 e. The van der Waals surface area contributed by atoms with E-state index in [2.05, 4.69) is 38.8 Å². The number of carbonyl (C=O) groups excluding carboxylic acids is 1. The third-order valence-corrected chi connectivity index (χ3v) is 9.39. The zero-order chi connectivity index (χ0) is 22.3. The molecule has 3 atom stereocenters. The number of rotatable bonds is 8. The topological polar surface area (TPSA) is 79.7 Å². The predicted octanol–water partition coefficient (Wildman–Crippen LogP) is 3.95. The predicted molar refractivity (Wildman–Crippen MR) is 125 cm³/mol. The van der Waals surface area contributed by atoms with Crippen molar-refractivity contribution in [2.45, 2.75) is 58.2 Å². The van der Waals surface area contributed by atoms with Crippen LogP contribution in [0.4, 0.5) is 0 Å². The summed E-state index contributed by atoms with van der Waals surface area (Å²) in [5, 5.41) is 9.59. The molecule has 0 aliphatic carbocycles. The Balaban J connectivity index is 1.79. The van der Waals surface area contributed by atoms with Crippen molar-refractivity contribution >= 4 is 44.4 Å². The van der Waals surface area contributed by atoms with E-state index in [1.54, 1.807) is 6.20 Å². The molecule has 0 unspecified atom stereocenters. The summed E-state index contributed by atoms with van der Waals surface area (Å²) in [7, 11) is -1.42. The molecule has 0 radical (unpaired) electrons. The second-order valence-electron chi connectivity index (χ2n) is 9.08. The highest BCUT2D eigenvalue weighted by Crippen LogP contribution is 2.58. The Labute approximate surface area is 188 Å². The van der Waals surface area contributed by atoms with Crippen LogP contribution in [0.2, 0.25) is 13.1 Å². The van der Waals surface area contributed by atoms with Gasteiger partial charge in [-0.2, -0.15) is 0 Å². The molecule has 1 aromatic heterocycles. The van der Waals surface area contributed by atoms with E-state index in [9.17, 15) is 14.7 Å². The van der Waals surface area contributed by atoms with Gasteiger partial charge < -0.3 is 9.53 Å². The summed E-state index contributed by atoms with van der Waals surface area (Å²) < 4.78 is 7.16. The van der Waals surface area contributed by atoms with E-state index >= 15 is 0 Å². The smallest absolute Gasteiger partial charge is 0.354 e. The van der Waals surface area contributed by atoms with Gasteiger partial charge in [0, 0.05) is 17.6 Å². The van der Waals surface area contributed by atoms with Crippen LogP contribution < -0.4 is 0 Å². The molecule has 9 heteroatoms. The standard InChI is InChI=1S/C21H30N2O4S2Si/c1-20(2,3)21(4,27-30(5)6)14-16(24)23-15(18(25)26)19(29-17(14)23)28-12-10-13-9-7-8-11-22-13/h7-9,11,14,17,30H,10,12H2,1-6H3,(H,25,26)/t14-,17-,21+/m1/s1. The average molecular weight is 467 g/mol. The number of aliphatic carboxylic acids is 1. The van der Waals surface area contributed by atoms with E-state index in [1.807, 2.05) is 25.1 Å². The summed E-state index contributed by atoms with van der Waals surface area (Å²) in [6.07, 6.45) is 2.50. The van der Waals surface area contributed by atoms with Crippen LogP contribution >= 0.6 is 23.5 Å². The van der Waals surface area contributed by atoms with Gasteiger partial charge in [0.05, 0.1) is 15.8 Å². The Morgan fingerprint density at radius 1 is 1.33 bits per heavy atom. The molecule has 1 amide bonds. The molecule has 30 heavy (non-hydrogen) atoms. The number of nitrogens with zero attached hydrogens (tertiary/aromatic N) is 2. The first-order chi connectivity index (χ1) is 14.0. The van der Waals surface area contributed by atoms with Gasteiger partial charge in [-0.25, -0.2) is 4.79 Å². The second kappa shape index (κ2) is 8.68. The molecule has 0 aromatic carbocycles. The monoisotopic (exact) mass is 466 g/mol. The maximum absolute atomic E-state index is 13.2. The molecule has 2 aliphatic heterocycles. The lowest BCUT2D eigenvalue weighted by molar-refractivity contribution is -0.173. The lowest BCUT2D eigenvalue weighted by atomic mass is 9.66. The highest BCUT2D eigenvalue weighted by Gasteiger charge is 2.65. The quantitative estimate of drug-likeness (QED) is 0.459. The molecule has 0 spiro atoms. The fourth-order valence-corrected chi connectivity index (χ4v) is 8.35. The molecule has 164 valence electrons. The van der Waals surface area contributed by atoms with E-state index in [0.29, 0.717) is 9.99 Å². The third kappa shape index (κ3) is 4.22. The number of fused-ring (bicyclic) bond motifs is 1. The Morgan fingerprint density at radius 2 is 2.03 bits per heavy atom. The van der Waals surface area contributed by atoms with Gasteiger partial charge in [0.2, 0.25) is 5.91 Å². The summed E-state index contributed by atoms with van der Waals surface area (Å²) in [4.78, 5) is 31.0. The van der Waals surface area contributed by atoms with Gasteiger partial charge in [0.25, 0.3) is 0 Å². The minimum absolute atomic E-state index is 0.121. The fourth-order valence-electron chi connectivity index (χ4n) is 3.89. The van der Waals surface area contributed by atoms with Crippen molar-refractivity contribution < 1.29 is 19.1 Å². The Morgan fingerprint density at radius 3 is 2.57 bits per heavy atom. The maximum Gasteiger partial charge on any atom is 0.354 e. The molecule has 3 rings (SSSR count). The van der Waals surface area contributed by atoms with Crippen LogP contribution in [0, 0.1) is 11.3 Å². The zero-order valence-corrected chi connectivity index (χ0v) is 21.1. The molecule has 1 fully saturated rings. The lowest BCUT2D eigenvalue weighted by Crippen LogP contribution is -2.69. The summed E-state index contributed by atoms with van der Waals surface area (Å²) in [6.45, 7) is 12.5. The zero-order valence-electron chi connectivity index (χ0n) is 18.3. The number of carbonyl (C=O) groups is 2. The van der Waals surface area contributed by atoms with Crippen LogP contribution in [0.3, 0.4) is 0 Å². The highest BCUT2D eigenvalue weighted by molar-refractivity contribution is 8.22. The maximum atomic E-state index is 13.2. The first-order valence-corrected chi connectivity index (χ1v) is 14.8. The number of pyridine rings is 1. The molecule has 0 bridgehead atoms. The van der Waals surface area contributed by atoms with Crippen LogP contribution in [0.25, 0.3) is 0 Å². The Bertz CT molecular complexity index is 856. The molecule has 3 heterocycles. The van der Waals surface area contributed by atoms with Crippen LogP contribution in [-0.4, -0.2) is 52.6 Å². The van der Waals surface area contributed by atoms with E-state index in [0.717, 1.165) is 12.1 Å². The van der Waals surface area contributed by atoms with Crippen LogP contribution in [0.5, 0.6) is 0 Å². The molecule has 1 aromatic rings. The number of carboxylic acid groups (broad SMARTS) is 1. The summed E-state index contributed by atoms with van der Waals surface area (Å²) in [5.74, 6) is -0.840. The van der Waals surface area contributed by atoms with Gasteiger partial charge in [0.15, 0.2) is 14.7 Å². The summed E-state index contributed by atoms with van der Waals surface area (Å²) >= 11 is 2.99. The van der Waals surface area contributed by atoms with Crippen molar-refractivity contribution in [3.63, 3.8) is 0 Å². The Hall–Kier alpha value is -1.29. The van der Waals surface area contributed by atoms with Gasteiger partial charge in [-0.3, -0.25) is 14.7 Å². The molecular formula is C21H30N2O4S2Si. The van der Waals surface area contributed by atoms with Gasteiger partial charge in [-0.05, 0) is 44.0 Å². The van der Waals surface area contributed by atoms with E-state index in [-0.39, 0.29) is 28.3 Å². The van der Waals surface area contributed by atoms with E-state index in [4.69, 9.17) is 4.43 Å². The van der Waals surface area contributed by atoms with Crippen molar-refractivity contribution in [2.75, 3.05) is 5.75 Å². The molecule has 0 saturated carbocycles. The lowest BCUT2D eigenvalue weighted by Gasteiger charge is -2.56. The number of hydrogen-bond acceptors (Lipinski definition) is 6. The first kappa shape index (κ1) is 23.4. The van der Waals surface area contributed by atoms with Crippen molar-refractivity contribution in [3.05, 3.63) is 40.0 Å². The molecule has 6 nitrogen and oxygen atoms in total. The number of carboxylic acids is 1. The minimum atomic E-state index is -1.42.